The SMILES string of the molecule is O=C(NN=Cc1cc([N+](=O)[O-])ccc1O)c1sc2ccccc2c1Cl. The van der Waals surface area contributed by atoms with Gasteiger partial charge in [0, 0.05) is 27.8 Å². The number of non-ortho nitro benzene ring substituents is 1. The lowest BCUT2D eigenvalue weighted by Gasteiger charge is -2.00. The molecule has 0 unspecified atom stereocenters. The Labute approximate surface area is 150 Å². The van der Waals surface area contributed by atoms with E-state index in [1.54, 1.807) is 0 Å². The molecule has 0 saturated carbocycles. The number of thiophene rings is 1. The van der Waals surface area contributed by atoms with Crippen LogP contribution in [0.3, 0.4) is 0 Å². The lowest BCUT2D eigenvalue weighted by molar-refractivity contribution is -0.384. The van der Waals surface area contributed by atoms with Crippen LogP contribution in [0, 0.1) is 10.1 Å². The number of nitro groups is 1. The number of amides is 1. The number of hydrogen-bond donors (Lipinski definition) is 2. The van der Waals surface area contributed by atoms with E-state index in [-0.39, 0.29) is 17.0 Å². The monoisotopic (exact) mass is 375 g/mol. The van der Waals surface area contributed by atoms with Crippen molar-refractivity contribution in [1.29, 1.82) is 0 Å². The number of nitro benzene ring substituents is 1. The third-order valence-electron chi connectivity index (χ3n) is 3.33. The Morgan fingerprint density at radius 1 is 1.32 bits per heavy atom. The van der Waals surface area contributed by atoms with E-state index in [1.165, 1.54) is 23.5 Å². The Bertz CT molecular complexity index is 1020. The summed E-state index contributed by atoms with van der Waals surface area (Å²) in [6, 6.07) is 10.8. The highest BCUT2D eigenvalue weighted by molar-refractivity contribution is 7.21. The molecule has 3 aromatic rings. The Kier molecular flexibility index (Phi) is 4.64. The molecule has 0 atom stereocenters. The zero-order valence-electron chi connectivity index (χ0n) is 12.5. The van der Waals surface area contributed by atoms with Gasteiger partial charge in [-0.1, -0.05) is 29.8 Å². The van der Waals surface area contributed by atoms with Crippen LogP contribution in [0.5, 0.6) is 5.75 Å². The fraction of sp³-hybridized carbons (Fsp3) is 0. The van der Waals surface area contributed by atoms with Crippen molar-refractivity contribution in [3.8, 4) is 5.75 Å². The van der Waals surface area contributed by atoms with E-state index >= 15 is 0 Å². The number of rotatable bonds is 4. The number of hydrazone groups is 1. The third kappa shape index (κ3) is 3.44. The minimum atomic E-state index is -0.591. The number of halogens is 1. The molecular weight excluding hydrogens is 366 g/mol. The Morgan fingerprint density at radius 3 is 2.80 bits per heavy atom. The number of nitrogens with one attached hydrogen (secondary N) is 1. The molecule has 25 heavy (non-hydrogen) atoms. The normalized spacial score (nSPS) is 11.1. The van der Waals surface area contributed by atoms with Gasteiger partial charge in [-0.25, -0.2) is 5.43 Å². The summed E-state index contributed by atoms with van der Waals surface area (Å²) < 4.78 is 0.873. The van der Waals surface area contributed by atoms with Crippen LogP contribution in [-0.2, 0) is 0 Å². The van der Waals surface area contributed by atoms with Crippen molar-refractivity contribution >= 4 is 50.8 Å². The number of carbonyl (C=O) groups excluding carboxylic acids is 1. The first-order chi connectivity index (χ1) is 12.0. The average Bonchev–Trinajstić information content (AvgIpc) is 2.93. The van der Waals surface area contributed by atoms with E-state index in [0.29, 0.717) is 9.90 Å². The van der Waals surface area contributed by atoms with Gasteiger partial charge in [-0.2, -0.15) is 5.10 Å². The Morgan fingerprint density at radius 2 is 2.08 bits per heavy atom. The molecule has 1 aromatic heterocycles. The second-order valence-corrected chi connectivity index (χ2v) is 6.37. The first kappa shape index (κ1) is 16.9. The molecule has 0 aliphatic heterocycles. The van der Waals surface area contributed by atoms with Crippen molar-refractivity contribution in [1.82, 2.24) is 5.43 Å². The number of hydrogen-bond acceptors (Lipinski definition) is 6. The number of benzene rings is 2. The van der Waals surface area contributed by atoms with Crippen molar-refractivity contribution in [2.45, 2.75) is 0 Å². The van der Waals surface area contributed by atoms with Gasteiger partial charge in [0.2, 0.25) is 0 Å². The molecule has 0 radical (unpaired) electrons. The quantitative estimate of drug-likeness (QED) is 0.409. The molecule has 0 aliphatic rings. The number of phenols is 1. The van der Waals surface area contributed by atoms with Crippen molar-refractivity contribution in [2.24, 2.45) is 5.10 Å². The van der Waals surface area contributed by atoms with Crippen LogP contribution in [0.4, 0.5) is 5.69 Å². The number of nitrogens with zero attached hydrogens (tertiary/aromatic N) is 2. The van der Waals surface area contributed by atoms with Crippen LogP contribution in [-0.4, -0.2) is 22.2 Å². The molecule has 0 spiro atoms. The molecule has 3 rings (SSSR count). The number of phenolic OH excluding ortho intramolecular Hbond substituents is 1. The summed E-state index contributed by atoms with van der Waals surface area (Å²) >= 11 is 7.44. The highest BCUT2D eigenvalue weighted by Gasteiger charge is 2.16. The zero-order chi connectivity index (χ0) is 18.0. The van der Waals surface area contributed by atoms with E-state index in [2.05, 4.69) is 10.5 Å². The van der Waals surface area contributed by atoms with Crippen molar-refractivity contribution in [2.75, 3.05) is 0 Å². The first-order valence-electron chi connectivity index (χ1n) is 6.95. The summed E-state index contributed by atoms with van der Waals surface area (Å²) in [5.74, 6) is -0.698. The van der Waals surface area contributed by atoms with Crippen LogP contribution >= 0.6 is 22.9 Å². The van der Waals surface area contributed by atoms with E-state index in [1.807, 2.05) is 24.3 Å². The van der Waals surface area contributed by atoms with Gasteiger partial charge in [-0.15, -0.1) is 11.3 Å². The van der Waals surface area contributed by atoms with Gasteiger partial charge in [0.15, 0.2) is 0 Å². The van der Waals surface area contributed by atoms with Crippen molar-refractivity contribution < 1.29 is 14.8 Å². The second kappa shape index (κ2) is 6.88. The highest BCUT2D eigenvalue weighted by Crippen LogP contribution is 2.34. The predicted molar refractivity (Wildman–Crippen MR) is 96.7 cm³/mol. The number of fused-ring (bicyclic) bond motifs is 1. The van der Waals surface area contributed by atoms with E-state index in [0.717, 1.165) is 22.4 Å². The summed E-state index contributed by atoms with van der Waals surface area (Å²) in [5, 5.41) is 25.3. The lowest BCUT2D eigenvalue weighted by Crippen LogP contribution is -2.16. The van der Waals surface area contributed by atoms with Crippen molar-refractivity contribution in [3.63, 3.8) is 0 Å². The molecule has 126 valence electrons. The summed E-state index contributed by atoms with van der Waals surface area (Å²) in [6.07, 6.45) is 1.13. The lowest BCUT2D eigenvalue weighted by atomic mass is 10.2. The first-order valence-corrected chi connectivity index (χ1v) is 8.14. The fourth-order valence-corrected chi connectivity index (χ4v) is 3.54. The standard InChI is InChI=1S/C16H10ClN3O4S/c17-14-11-3-1-2-4-13(11)25-15(14)16(22)19-18-8-9-7-10(20(23)24)5-6-12(9)21/h1-8,21H,(H,19,22). The van der Waals surface area contributed by atoms with Gasteiger partial charge in [0.05, 0.1) is 16.2 Å². The molecular formula is C16H10ClN3O4S. The van der Waals surface area contributed by atoms with Gasteiger partial charge in [-0.05, 0) is 12.1 Å². The zero-order valence-corrected chi connectivity index (χ0v) is 14.0. The van der Waals surface area contributed by atoms with Crippen LogP contribution in [0.2, 0.25) is 5.02 Å². The van der Waals surface area contributed by atoms with Gasteiger partial charge in [-0.3, -0.25) is 14.9 Å². The van der Waals surface area contributed by atoms with Crippen LogP contribution in [0.1, 0.15) is 15.2 Å². The minimum absolute atomic E-state index is 0.108. The maximum absolute atomic E-state index is 12.2. The summed E-state index contributed by atoms with van der Waals surface area (Å²) in [5.41, 5.74) is 2.21. The molecule has 0 saturated heterocycles. The molecule has 7 nitrogen and oxygen atoms in total. The number of aromatic hydroxyl groups is 1. The van der Waals surface area contributed by atoms with Crippen LogP contribution < -0.4 is 5.43 Å². The summed E-state index contributed by atoms with van der Waals surface area (Å²) in [6.45, 7) is 0. The molecule has 0 bridgehead atoms. The fourth-order valence-electron chi connectivity index (χ4n) is 2.13. The largest absolute Gasteiger partial charge is 0.507 e. The Hall–Kier alpha value is -2.97. The van der Waals surface area contributed by atoms with E-state index in [4.69, 9.17) is 11.6 Å². The van der Waals surface area contributed by atoms with E-state index in [9.17, 15) is 20.0 Å². The van der Waals surface area contributed by atoms with Gasteiger partial charge in [0.25, 0.3) is 11.6 Å². The molecule has 0 fully saturated rings. The number of carbonyl (C=O) groups is 1. The molecule has 1 amide bonds. The van der Waals surface area contributed by atoms with Crippen LogP contribution in [0.15, 0.2) is 47.6 Å². The minimum Gasteiger partial charge on any atom is -0.507 e. The Balaban J connectivity index is 1.80. The van der Waals surface area contributed by atoms with Crippen LogP contribution in [0.25, 0.3) is 10.1 Å². The maximum atomic E-state index is 12.2. The average molecular weight is 376 g/mol. The second-order valence-electron chi connectivity index (χ2n) is 4.94. The van der Waals surface area contributed by atoms with Crippen molar-refractivity contribution in [3.05, 3.63) is 68.0 Å². The maximum Gasteiger partial charge on any atom is 0.283 e. The van der Waals surface area contributed by atoms with Gasteiger partial charge in [0.1, 0.15) is 10.6 Å². The van der Waals surface area contributed by atoms with Gasteiger partial charge < -0.3 is 5.11 Å². The predicted octanol–water partition coefficient (Wildman–Crippen LogP) is 3.93. The molecule has 9 heteroatoms. The molecule has 2 aromatic carbocycles. The topological polar surface area (TPSA) is 105 Å². The molecule has 0 aliphatic carbocycles. The van der Waals surface area contributed by atoms with Gasteiger partial charge >= 0.3 is 0 Å². The highest BCUT2D eigenvalue weighted by atomic mass is 35.5. The summed E-state index contributed by atoms with van der Waals surface area (Å²) in [4.78, 5) is 22.7. The smallest absolute Gasteiger partial charge is 0.283 e. The third-order valence-corrected chi connectivity index (χ3v) is 5.01. The molecule has 1 heterocycles. The molecule has 2 N–H and O–H groups in total. The summed E-state index contributed by atoms with van der Waals surface area (Å²) in [7, 11) is 0. The van der Waals surface area contributed by atoms with E-state index < -0.39 is 10.8 Å².